The zero-order chi connectivity index (χ0) is 23.5. The van der Waals surface area contributed by atoms with E-state index in [0.29, 0.717) is 42.4 Å². The first-order valence-electron chi connectivity index (χ1n) is 12.7. The number of halogens is 3. The van der Waals surface area contributed by atoms with Crippen LogP contribution >= 0.6 is 0 Å². The third-order valence-corrected chi connectivity index (χ3v) is 11.0. The molecule has 0 aromatic rings. The maximum Gasteiger partial charge on any atom is 0.417 e. The number of methoxy groups -OCH3 is 1. The van der Waals surface area contributed by atoms with Gasteiger partial charge in [0.1, 0.15) is 0 Å². The van der Waals surface area contributed by atoms with Crippen LogP contribution in [0.2, 0.25) is 0 Å². The fourth-order valence-corrected chi connectivity index (χ4v) is 9.13. The van der Waals surface area contributed by atoms with Gasteiger partial charge in [0.25, 0.3) is 0 Å². The molecular formula is C26H41F3O3. The molecule has 4 saturated carbocycles. The maximum absolute atomic E-state index is 13.5. The first-order valence-corrected chi connectivity index (χ1v) is 12.7. The average Bonchev–Trinajstić information content (AvgIpc) is 3.08. The van der Waals surface area contributed by atoms with Gasteiger partial charge in [-0.25, -0.2) is 0 Å². The summed E-state index contributed by atoms with van der Waals surface area (Å²) < 4.78 is 45.5. The molecule has 4 fully saturated rings. The highest BCUT2D eigenvalue weighted by Gasteiger charge is 2.65. The zero-order valence-corrected chi connectivity index (χ0v) is 20.1. The number of hydrogen-bond donors (Lipinski definition) is 1. The lowest BCUT2D eigenvalue weighted by Gasteiger charge is -2.62. The van der Waals surface area contributed by atoms with E-state index in [1.165, 1.54) is 20.0 Å². The topological polar surface area (TPSA) is 46.5 Å². The third kappa shape index (κ3) is 3.71. The number of ether oxygens (including phenoxy) is 1. The van der Waals surface area contributed by atoms with E-state index in [2.05, 4.69) is 20.8 Å². The quantitative estimate of drug-likeness (QED) is 0.487. The maximum atomic E-state index is 13.5. The zero-order valence-electron chi connectivity index (χ0n) is 20.1. The van der Waals surface area contributed by atoms with E-state index in [9.17, 15) is 23.1 Å². The van der Waals surface area contributed by atoms with Crippen LogP contribution < -0.4 is 0 Å². The molecular weight excluding hydrogens is 417 g/mol. The van der Waals surface area contributed by atoms with Gasteiger partial charge in [0.05, 0.1) is 7.11 Å². The molecule has 0 aromatic carbocycles. The summed E-state index contributed by atoms with van der Waals surface area (Å²) in [5, 5.41) is 10.4. The highest BCUT2D eigenvalue weighted by atomic mass is 19.4. The molecule has 3 nitrogen and oxygen atoms in total. The highest BCUT2D eigenvalue weighted by molar-refractivity contribution is 5.69. The number of carbonyl (C=O) groups excluding carboxylic acids is 1. The fraction of sp³-hybridized carbons (Fsp3) is 0.962. The van der Waals surface area contributed by atoms with Crippen LogP contribution in [0.25, 0.3) is 0 Å². The summed E-state index contributed by atoms with van der Waals surface area (Å²) in [6, 6.07) is 0. The Bertz CT molecular complexity index is 724. The fourth-order valence-electron chi connectivity index (χ4n) is 9.13. The Balaban J connectivity index is 1.49. The number of alkyl halides is 3. The van der Waals surface area contributed by atoms with Crippen LogP contribution in [0.1, 0.15) is 91.4 Å². The van der Waals surface area contributed by atoms with Crippen molar-refractivity contribution in [2.75, 3.05) is 7.11 Å². The Hall–Kier alpha value is -0.780. The van der Waals surface area contributed by atoms with Crippen LogP contribution in [0.3, 0.4) is 0 Å². The molecule has 0 unspecified atom stereocenters. The molecule has 0 radical (unpaired) electrons. The van der Waals surface area contributed by atoms with Crippen LogP contribution in [0.4, 0.5) is 13.2 Å². The lowest BCUT2D eigenvalue weighted by molar-refractivity contribution is -0.290. The second kappa shape index (κ2) is 8.16. The molecule has 184 valence electrons. The van der Waals surface area contributed by atoms with Crippen molar-refractivity contribution in [3.8, 4) is 0 Å². The van der Waals surface area contributed by atoms with Crippen LogP contribution in [-0.4, -0.2) is 30.0 Å². The summed E-state index contributed by atoms with van der Waals surface area (Å²) in [7, 11) is 1.44. The van der Waals surface area contributed by atoms with Crippen LogP contribution in [0.15, 0.2) is 0 Å². The Kier molecular flexibility index (Phi) is 6.21. The van der Waals surface area contributed by atoms with Gasteiger partial charge < -0.3 is 9.84 Å². The summed E-state index contributed by atoms with van der Waals surface area (Å²) in [4.78, 5) is 11.6. The highest BCUT2D eigenvalue weighted by Crippen LogP contribution is 2.69. The van der Waals surface area contributed by atoms with Crippen LogP contribution in [0, 0.1) is 46.3 Å². The van der Waals surface area contributed by atoms with Crippen LogP contribution in [0.5, 0.6) is 0 Å². The van der Waals surface area contributed by atoms with Gasteiger partial charge in [0.2, 0.25) is 0 Å². The Morgan fingerprint density at radius 2 is 1.72 bits per heavy atom. The first kappa shape index (κ1) is 24.3. The van der Waals surface area contributed by atoms with E-state index in [1.54, 1.807) is 0 Å². The summed E-state index contributed by atoms with van der Waals surface area (Å²) in [5.41, 5.74) is -2.32. The minimum atomic E-state index is -4.53. The first-order chi connectivity index (χ1) is 14.9. The number of aliphatic hydroxyl groups is 1. The molecule has 4 rings (SSSR count). The van der Waals surface area contributed by atoms with Crippen molar-refractivity contribution in [3.05, 3.63) is 0 Å². The van der Waals surface area contributed by atoms with Gasteiger partial charge in [-0.2, -0.15) is 13.2 Å². The van der Waals surface area contributed by atoms with Crippen molar-refractivity contribution in [2.24, 2.45) is 46.3 Å². The molecule has 4 aliphatic rings. The summed E-state index contributed by atoms with van der Waals surface area (Å²) in [6.07, 6.45) is 3.46. The minimum Gasteiger partial charge on any atom is -0.469 e. The lowest BCUT2D eigenvalue weighted by atomic mass is 9.43. The molecule has 0 amide bonds. The van der Waals surface area contributed by atoms with E-state index < -0.39 is 11.8 Å². The van der Waals surface area contributed by atoms with E-state index in [4.69, 9.17) is 4.74 Å². The lowest BCUT2D eigenvalue weighted by Crippen LogP contribution is -2.59. The molecule has 1 N–H and O–H groups in total. The molecule has 0 spiro atoms. The number of carbonyl (C=O) groups is 1. The number of rotatable bonds is 4. The minimum absolute atomic E-state index is 0.0374. The largest absolute Gasteiger partial charge is 0.469 e. The van der Waals surface area contributed by atoms with Gasteiger partial charge in [0, 0.05) is 6.42 Å². The Labute approximate surface area is 190 Å². The second-order valence-corrected chi connectivity index (χ2v) is 12.2. The van der Waals surface area contributed by atoms with Gasteiger partial charge >= 0.3 is 12.1 Å². The summed E-state index contributed by atoms with van der Waals surface area (Å²) >= 11 is 0. The standard InChI is InChI=1S/C26H41F3O3/c1-16(5-10-22(30)32-4)19-8-9-20-18-7-6-17-15-25(31,26(27,28)29)14-13-23(17,2)21(18)11-12-24(19,20)3/h16-21,31H,5-15H2,1-4H3/t16-,17+,18+,19-,20+,21+,23+,24-,25+/m1/s1. The van der Waals surface area contributed by atoms with Crippen LogP contribution in [-0.2, 0) is 9.53 Å². The van der Waals surface area contributed by atoms with Crippen molar-refractivity contribution in [2.45, 2.75) is 103 Å². The van der Waals surface area contributed by atoms with Gasteiger partial charge in [-0.1, -0.05) is 20.8 Å². The predicted molar refractivity (Wildman–Crippen MR) is 117 cm³/mol. The molecule has 0 aromatic heterocycles. The van der Waals surface area contributed by atoms with Crippen molar-refractivity contribution in [3.63, 3.8) is 0 Å². The van der Waals surface area contributed by atoms with Gasteiger partial charge in [-0.3, -0.25) is 4.79 Å². The van der Waals surface area contributed by atoms with Crippen molar-refractivity contribution in [1.82, 2.24) is 0 Å². The Morgan fingerprint density at radius 3 is 2.38 bits per heavy atom. The molecule has 0 heterocycles. The molecule has 0 bridgehead atoms. The number of hydrogen-bond acceptors (Lipinski definition) is 3. The molecule has 6 heteroatoms. The second-order valence-electron chi connectivity index (χ2n) is 12.2. The SMILES string of the molecule is COC(=O)CC[C@@H](C)[C@H]1CC[C@H]2[C@@H]3CC[C@H]4C[C@](O)(C(F)(F)F)CC[C@]4(C)[C@H]3CC[C@]12C. The van der Waals surface area contributed by atoms with Gasteiger partial charge in [-0.15, -0.1) is 0 Å². The van der Waals surface area contributed by atoms with E-state index >= 15 is 0 Å². The van der Waals surface area contributed by atoms with E-state index in [1.807, 2.05) is 0 Å². The third-order valence-electron chi connectivity index (χ3n) is 11.0. The normalized spacial score (nSPS) is 47.2. The van der Waals surface area contributed by atoms with E-state index in [-0.39, 0.29) is 35.6 Å². The number of fused-ring (bicyclic) bond motifs is 5. The average molecular weight is 459 g/mol. The summed E-state index contributed by atoms with van der Waals surface area (Å²) in [6.45, 7) is 6.97. The summed E-state index contributed by atoms with van der Waals surface area (Å²) in [5.74, 6) is 2.60. The molecule has 0 aliphatic heterocycles. The van der Waals surface area contributed by atoms with Crippen molar-refractivity contribution >= 4 is 5.97 Å². The molecule has 4 aliphatic carbocycles. The predicted octanol–water partition coefficient (Wildman–Crippen LogP) is 6.53. The van der Waals surface area contributed by atoms with Crippen molar-refractivity contribution in [1.29, 1.82) is 0 Å². The Morgan fingerprint density at radius 1 is 1.03 bits per heavy atom. The molecule has 0 saturated heterocycles. The molecule has 32 heavy (non-hydrogen) atoms. The molecule has 9 atom stereocenters. The van der Waals surface area contributed by atoms with E-state index in [0.717, 1.165) is 32.1 Å². The van der Waals surface area contributed by atoms with Gasteiger partial charge in [-0.05, 0) is 111 Å². The van der Waals surface area contributed by atoms with Crippen molar-refractivity contribution < 1.29 is 27.8 Å². The number of esters is 1. The van der Waals surface area contributed by atoms with Gasteiger partial charge in [0.15, 0.2) is 5.60 Å². The smallest absolute Gasteiger partial charge is 0.417 e. The monoisotopic (exact) mass is 458 g/mol.